The molecule has 3 rings (SSSR count). The van der Waals surface area contributed by atoms with Gasteiger partial charge in [-0.05, 0) is 48.4 Å². The molecular formula is C23H24N2O3. The summed E-state index contributed by atoms with van der Waals surface area (Å²) in [6.45, 7) is 2.49. The van der Waals surface area contributed by atoms with Gasteiger partial charge in [-0.3, -0.25) is 9.78 Å². The number of benzene rings is 2. The molecule has 5 heteroatoms. The highest BCUT2D eigenvalue weighted by atomic mass is 16.5. The number of ether oxygens (including phenoxy) is 2. The van der Waals surface area contributed by atoms with E-state index in [0.717, 1.165) is 22.4 Å². The normalized spacial score (nSPS) is 10.4. The van der Waals surface area contributed by atoms with E-state index in [0.29, 0.717) is 18.0 Å². The van der Waals surface area contributed by atoms with Crippen LogP contribution in [0, 0.1) is 6.92 Å². The summed E-state index contributed by atoms with van der Waals surface area (Å²) in [5.74, 6) is 1.26. The van der Waals surface area contributed by atoms with E-state index in [2.05, 4.69) is 4.98 Å². The van der Waals surface area contributed by atoms with Crippen molar-refractivity contribution in [1.82, 2.24) is 4.98 Å². The van der Waals surface area contributed by atoms with Crippen LogP contribution in [0.2, 0.25) is 0 Å². The molecule has 0 unspecified atom stereocenters. The molecule has 0 bridgehead atoms. The molecule has 1 heterocycles. The third-order valence-corrected chi connectivity index (χ3v) is 4.51. The summed E-state index contributed by atoms with van der Waals surface area (Å²) in [5, 5.41) is 0. The van der Waals surface area contributed by atoms with Crippen molar-refractivity contribution < 1.29 is 14.3 Å². The van der Waals surface area contributed by atoms with E-state index < -0.39 is 0 Å². The Bertz CT molecular complexity index is 924. The van der Waals surface area contributed by atoms with Crippen molar-refractivity contribution in [2.75, 3.05) is 19.1 Å². The minimum Gasteiger partial charge on any atom is -0.493 e. The van der Waals surface area contributed by atoms with E-state index in [1.165, 1.54) is 0 Å². The van der Waals surface area contributed by atoms with Crippen molar-refractivity contribution in [3.05, 3.63) is 83.7 Å². The zero-order chi connectivity index (χ0) is 19.9. The molecule has 0 radical (unpaired) electrons. The lowest BCUT2D eigenvalue weighted by Gasteiger charge is -2.23. The highest BCUT2D eigenvalue weighted by Gasteiger charge is 2.18. The van der Waals surface area contributed by atoms with Gasteiger partial charge in [-0.25, -0.2) is 0 Å². The molecule has 0 atom stereocenters. The van der Waals surface area contributed by atoms with Gasteiger partial charge in [-0.1, -0.05) is 29.8 Å². The number of nitrogens with zero attached hydrogens (tertiary/aromatic N) is 2. The summed E-state index contributed by atoms with van der Waals surface area (Å²) in [4.78, 5) is 19.1. The molecule has 1 amide bonds. The zero-order valence-electron chi connectivity index (χ0n) is 16.4. The first-order chi connectivity index (χ1) is 13.6. The molecule has 0 aliphatic rings. The van der Waals surface area contributed by atoms with Crippen molar-refractivity contribution in [1.29, 1.82) is 0 Å². The number of pyridine rings is 1. The second kappa shape index (κ2) is 9.04. The molecule has 5 nitrogen and oxygen atoms in total. The first-order valence-electron chi connectivity index (χ1n) is 9.07. The van der Waals surface area contributed by atoms with Gasteiger partial charge in [0.1, 0.15) is 0 Å². The Morgan fingerprint density at radius 3 is 2.36 bits per heavy atom. The topological polar surface area (TPSA) is 51.7 Å². The van der Waals surface area contributed by atoms with E-state index in [4.69, 9.17) is 9.47 Å². The minimum absolute atomic E-state index is 0.0000685. The Balaban J connectivity index is 1.86. The fourth-order valence-corrected chi connectivity index (χ4v) is 2.98. The van der Waals surface area contributed by atoms with Crippen molar-refractivity contribution in [3.8, 4) is 11.5 Å². The number of anilines is 1. The van der Waals surface area contributed by atoms with Crippen LogP contribution in [0.4, 0.5) is 5.69 Å². The van der Waals surface area contributed by atoms with Gasteiger partial charge in [-0.15, -0.1) is 0 Å². The Labute approximate surface area is 165 Å². The van der Waals surface area contributed by atoms with Crippen LogP contribution in [0.25, 0.3) is 0 Å². The summed E-state index contributed by atoms with van der Waals surface area (Å²) in [5.41, 5.74) is 3.85. The quantitative estimate of drug-likeness (QED) is 0.621. The summed E-state index contributed by atoms with van der Waals surface area (Å²) in [6.07, 6.45) is 3.77. The van der Waals surface area contributed by atoms with Gasteiger partial charge in [0.15, 0.2) is 11.5 Å². The van der Waals surface area contributed by atoms with E-state index in [1.807, 2.05) is 61.5 Å². The Morgan fingerprint density at radius 2 is 1.71 bits per heavy atom. The van der Waals surface area contributed by atoms with Gasteiger partial charge in [0.25, 0.3) is 0 Å². The van der Waals surface area contributed by atoms with Crippen LogP contribution >= 0.6 is 0 Å². The summed E-state index contributed by atoms with van der Waals surface area (Å²) in [7, 11) is 3.18. The Kier molecular flexibility index (Phi) is 6.27. The van der Waals surface area contributed by atoms with Crippen LogP contribution in [0.15, 0.2) is 67.0 Å². The fraction of sp³-hybridized carbons (Fsp3) is 0.217. The van der Waals surface area contributed by atoms with Crippen molar-refractivity contribution in [2.45, 2.75) is 19.9 Å². The number of carbonyl (C=O) groups is 1. The molecule has 3 aromatic rings. The Morgan fingerprint density at radius 1 is 0.964 bits per heavy atom. The lowest BCUT2D eigenvalue weighted by atomic mass is 10.1. The van der Waals surface area contributed by atoms with Crippen molar-refractivity contribution >= 4 is 11.6 Å². The second-order valence-corrected chi connectivity index (χ2v) is 6.54. The number of carbonyl (C=O) groups excluding carboxylic acids is 1. The number of aromatic nitrogens is 1. The summed E-state index contributed by atoms with van der Waals surface area (Å²) in [6, 6.07) is 17.4. The molecule has 0 saturated carbocycles. The number of hydrogen-bond acceptors (Lipinski definition) is 4. The van der Waals surface area contributed by atoms with Crippen LogP contribution in [0.1, 0.15) is 16.7 Å². The largest absolute Gasteiger partial charge is 0.493 e. The Hall–Kier alpha value is -3.34. The molecule has 2 aromatic carbocycles. The number of rotatable bonds is 7. The lowest BCUT2D eigenvalue weighted by Crippen LogP contribution is -2.31. The molecule has 28 heavy (non-hydrogen) atoms. The van der Waals surface area contributed by atoms with Gasteiger partial charge in [0.05, 0.1) is 27.2 Å². The molecule has 0 saturated heterocycles. The van der Waals surface area contributed by atoms with Gasteiger partial charge >= 0.3 is 0 Å². The molecule has 0 aliphatic heterocycles. The zero-order valence-corrected chi connectivity index (χ0v) is 16.4. The smallest absolute Gasteiger partial charge is 0.231 e. The maximum absolute atomic E-state index is 13.2. The predicted molar refractivity (Wildman–Crippen MR) is 110 cm³/mol. The van der Waals surface area contributed by atoms with Crippen LogP contribution < -0.4 is 14.4 Å². The molecule has 0 aliphatic carbocycles. The SMILES string of the molecule is COc1ccc(CC(=O)N(Cc2cccnc2)c2ccc(C)cc2)cc1OC. The van der Waals surface area contributed by atoms with Gasteiger partial charge in [-0.2, -0.15) is 0 Å². The van der Waals surface area contributed by atoms with E-state index >= 15 is 0 Å². The van der Waals surface area contributed by atoms with Gasteiger partial charge in [0.2, 0.25) is 5.91 Å². The number of methoxy groups -OCH3 is 2. The number of aryl methyl sites for hydroxylation is 1. The highest BCUT2D eigenvalue weighted by Crippen LogP contribution is 2.28. The summed E-state index contributed by atoms with van der Waals surface area (Å²) < 4.78 is 10.6. The van der Waals surface area contributed by atoms with Crippen molar-refractivity contribution in [2.24, 2.45) is 0 Å². The first kappa shape index (κ1) is 19.4. The number of hydrogen-bond donors (Lipinski definition) is 0. The van der Waals surface area contributed by atoms with E-state index in [1.54, 1.807) is 31.5 Å². The van der Waals surface area contributed by atoms with Gasteiger partial charge < -0.3 is 14.4 Å². The third-order valence-electron chi connectivity index (χ3n) is 4.51. The predicted octanol–water partition coefficient (Wildman–Crippen LogP) is 4.18. The molecule has 0 N–H and O–H groups in total. The minimum atomic E-state index is -0.0000685. The fourth-order valence-electron chi connectivity index (χ4n) is 2.98. The average molecular weight is 376 g/mol. The van der Waals surface area contributed by atoms with Gasteiger partial charge in [0, 0.05) is 18.1 Å². The molecular weight excluding hydrogens is 352 g/mol. The molecule has 0 fully saturated rings. The first-order valence-corrected chi connectivity index (χ1v) is 9.07. The third kappa shape index (κ3) is 4.68. The number of amides is 1. The molecule has 144 valence electrons. The summed E-state index contributed by atoms with van der Waals surface area (Å²) >= 11 is 0. The maximum Gasteiger partial charge on any atom is 0.231 e. The monoisotopic (exact) mass is 376 g/mol. The average Bonchev–Trinajstić information content (AvgIpc) is 2.73. The van der Waals surface area contributed by atoms with Crippen LogP contribution in [-0.4, -0.2) is 25.1 Å². The van der Waals surface area contributed by atoms with Crippen LogP contribution in [-0.2, 0) is 17.8 Å². The lowest BCUT2D eigenvalue weighted by molar-refractivity contribution is -0.118. The van der Waals surface area contributed by atoms with Crippen molar-refractivity contribution in [3.63, 3.8) is 0 Å². The van der Waals surface area contributed by atoms with E-state index in [-0.39, 0.29) is 12.3 Å². The second-order valence-electron chi connectivity index (χ2n) is 6.54. The molecule has 0 spiro atoms. The molecule has 1 aromatic heterocycles. The standard InChI is InChI=1S/C23H24N2O3/c1-17-6-9-20(10-7-17)25(16-19-5-4-12-24-15-19)23(26)14-18-8-11-21(27-2)22(13-18)28-3/h4-13,15H,14,16H2,1-3H3. The van der Waals surface area contributed by atoms with Crippen LogP contribution in [0.3, 0.4) is 0 Å². The highest BCUT2D eigenvalue weighted by molar-refractivity contribution is 5.94. The van der Waals surface area contributed by atoms with Crippen LogP contribution in [0.5, 0.6) is 11.5 Å². The maximum atomic E-state index is 13.2. The van der Waals surface area contributed by atoms with E-state index in [9.17, 15) is 4.79 Å².